The molecule has 6 heteroatoms. The molecule has 0 radical (unpaired) electrons. The van der Waals surface area contributed by atoms with Gasteiger partial charge in [0.05, 0.1) is 5.02 Å². The fourth-order valence-electron chi connectivity index (χ4n) is 1.67. The maximum atomic E-state index is 13.5. The smallest absolute Gasteiger partial charge is 0.339 e. The molecule has 2 rings (SSSR count). The molecule has 2 aromatic carbocycles. The fourth-order valence-corrected chi connectivity index (χ4v) is 1.83. The Morgan fingerprint density at radius 1 is 1.05 bits per heavy atom. The molecule has 1 N–H and O–H groups in total. The van der Waals surface area contributed by atoms with Gasteiger partial charge < -0.3 is 14.6 Å². The molecule has 0 amide bonds. The minimum absolute atomic E-state index is 0.0235. The lowest BCUT2D eigenvalue weighted by molar-refractivity contribution is 0.0691. The number of carboxylic acids is 1. The van der Waals surface area contributed by atoms with Crippen LogP contribution in [-0.4, -0.2) is 24.3 Å². The number of carbonyl (C=O) groups is 1. The number of hydrogen-bond acceptors (Lipinski definition) is 3. The van der Waals surface area contributed by atoms with Crippen molar-refractivity contribution in [2.75, 3.05) is 13.2 Å². The average molecular weight is 311 g/mol. The summed E-state index contributed by atoms with van der Waals surface area (Å²) in [7, 11) is 0. The first-order valence-corrected chi connectivity index (χ1v) is 6.49. The average Bonchev–Trinajstić information content (AvgIpc) is 2.48. The third kappa shape index (κ3) is 3.86. The molecule has 0 aliphatic rings. The summed E-state index contributed by atoms with van der Waals surface area (Å²) >= 11 is 5.63. The van der Waals surface area contributed by atoms with Crippen molar-refractivity contribution in [2.45, 2.75) is 0 Å². The Morgan fingerprint density at radius 2 is 1.67 bits per heavy atom. The van der Waals surface area contributed by atoms with Gasteiger partial charge in [0.1, 0.15) is 24.5 Å². The SMILES string of the molecule is O=C(O)c1ccccc1OCCOc1cccc(Cl)c1F. The van der Waals surface area contributed by atoms with Crippen LogP contribution < -0.4 is 9.47 Å². The fraction of sp³-hybridized carbons (Fsp3) is 0.133. The van der Waals surface area contributed by atoms with Gasteiger partial charge in [-0.05, 0) is 24.3 Å². The van der Waals surface area contributed by atoms with Gasteiger partial charge in [0.2, 0.25) is 0 Å². The van der Waals surface area contributed by atoms with Crippen LogP contribution in [0.1, 0.15) is 10.4 Å². The van der Waals surface area contributed by atoms with E-state index in [0.29, 0.717) is 0 Å². The summed E-state index contributed by atoms with van der Waals surface area (Å²) in [6.45, 7) is 0.140. The summed E-state index contributed by atoms with van der Waals surface area (Å²) < 4.78 is 24.1. The molecule has 0 saturated heterocycles. The predicted molar refractivity (Wildman–Crippen MR) is 75.8 cm³/mol. The first kappa shape index (κ1) is 15.1. The van der Waals surface area contributed by atoms with Gasteiger partial charge in [-0.15, -0.1) is 0 Å². The van der Waals surface area contributed by atoms with Crippen molar-refractivity contribution >= 4 is 17.6 Å². The molecule has 4 nitrogen and oxygen atoms in total. The van der Waals surface area contributed by atoms with Crippen molar-refractivity contribution in [1.29, 1.82) is 0 Å². The van der Waals surface area contributed by atoms with Crippen molar-refractivity contribution in [3.63, 3.8) is 0 Å². The Labute approximate surface area is 125 Å². The topological polar surface area (TPSA) is 55.8 Å². The molecule has 0 spiro atoms. The van der Waals surface area contributed by atoms with E-state index in [1.165, 1.54) is 18.2 Å². The number of rotatable bonds is 6. The lowest BCUT2D eigenvalue weighted by Crippen LogP contribution is -2.11. The van der Waals surface area contributed by atoms with Crippen LogP contribution in [0.3, 0.4) is 0 Å². The third-order valence-corrected chi connectivity index (χ3v) is 2.92. The maximum Gasteiger partial charge on any atom is 0.339 e. The normalized spacial score (nSPS) is 10.2. The highest BCUT2D eigenvalue weighted by Crippen LogP contribution is 2.24. The molecule has 110 valence electrons. The van der Waals surface area contributed by atoms with E-state index in [1.807, 2.05) is 0 Å². The first-order valence-electron chi connectivity index (χ1n) is 6.11. The molecule has 0 aromatic heterocycles. The van der Waals surface area contributed by atoms with E-state index >= 15 is 0 Å². The van der Waals surface area contributed by atoms with E-state index in [1.54, 1.807) is 24.3 Å². The number of hydrogen-bond donors (Lipinski definition) is 1. The Balaban J connectivity index is 1.91. The quantitative estimate of drug-likeness (QED) is 0.828. The summed E-state index contributed by atoms with van der Waals surface area (Å²) in [5, 5.41) is 8.97. The van der Waals surface area contributed by atoms with E-state index in [4.69, 9.17) is 26.2 Å². The molecule has 0 atom stereocenters. The summed E-state index contributed by atoms with van der Waals surface area (Å²) in [5.74, 6) is -1.45. The summed E-state index contributed by atoms with van der Waals surface area (Å²) in [6.07, 6.45) is 0. The molecule has 0 fully saturated rings. The van der Waals surface area contributed by atoms with Crippen molar-refractivity contribution in [3.05, 3.63) is 58.9 Å². The van der Waals surface area contributed by atoms with Crippen LogP contribution in [0, 0.1) is 5.82 Å². The number of halogens is 2. The van der Waals surface area contributed by atoms with Gasteiger partial charge in [-0.2, -0.15) is 0 Å². The predicted octanol–water partition coefficient (Wildman–Crippen LogP) is 3.64. The molecule has 0 saturated carbocycles. The van der Waals surface area contributed by atoms with Crippen LogP contribution >= 0.6 is 11.6 Å². The molecule has 0 aliphatic carbocycles. The van der Waals surface area contributed by atoms with E-state index in [0.717, 1.165) is 0 Å². The van der Waals surface area contributed by atoms with Crippen LogP contribution in [0.4, 0.5) is 4.39 Å². The van der Waals surface area contributed by atoms with Crippen LogP contribution in [-0.2, 0) is 0 Å². The molecule has 0 unspecified atom stereocenters. The highest BCUT2D eigenvalue weighted by Gasteiger charge is 2.10. The number of carboxylic acid groups (broad SMARTS) is 1. The Kier molecular flexibility index (Phi) is 5.00. The third-order valence-electron chi connectivity index (χ3n) is 2.63. The number of benzene rings is 2. The van der Waals surface area contributed by atoms with E-state index < -0.39 is 11.8 Å². The number of para-hydroxylation sites is 1. The van der Waals surface area contributed by atoms with Crippen LogP contribution in [0.25, 0.3) is 0 Å². The Hall–Kier alpha value is -2.27. The van der Waals surface area contributed by atoms with Crippen molar-refractivity contribution < 1.29 is 23.8 Å². The lowest BCUT2D eigenvalue weighted by Gasteiger charge is -2.10. The molecule has 0 aliphatic heterocycles. The van der Waals surface area contributed by atoms with Gasteiger partial charge in [0.15, 0.2) is 11.6 Å². The molecular formula is C15H12ClFO4. The number of ether oxygens (including phenoxy) is 2. The maximum absolute atomic E-state index is 13.5. The molecule has 2 aromatic rings. The zero-order chi connectivity index (χ0) is 15.2. The van der Waals surface area contributed by atoms with Gasteiger partial charge in [-0.25, -0.2) is 9.18 Å². The summed E-state index contributed by atoms with van der Waals surface area (Å²) in [6, 6.07) is 10.7. The highest BCUT2D eigenvalue weighted by molar-refractivity contribution is 6.30. The van der Waals surface area contributed by atoms with Crippen molar-refractivity contribution in [2.24, 2.45) is 0 Å². The van der Waals surface area contributed by atoms with Gasteiger partial charge in [0.25, 0.3) is 0 Å². The monoisotopic (exact) mass is 310 g/mol. The second-order valence-corrected chi connectivity index (χ2v) is 4.46. The van der Waals surface area contributed by atoms with Crippen LogP contribution in [0.2, 0.25) is 5.02 Å². The molecule has 0 heterocycles. The standard InChI is InChI=1S/C15H12ClFO4/c16-11-5-3-7-13(14(11)17)21-9-8-20-12-6-2-1-4-10(12)15(18)19/h1-7H,8-9H2,(H,18,19). The van der Waals surface area contributed by atoms with Gasteiger partial charge in [-0.1, -0.05) is 29.8 Å². The van der Waals surface area contributed by atoms with E-state index in [-0.39, 0.29) is 35.3 Å². The van der Waals surface area contributed by atoms with Crippen molar-refractivity contribution in [3.8, 4) is 11.5 Å². The highest BCUT2D eigenvalue weighted by atomic mass is 35.5. The first-order chi connectivity index (χ1) is 10.1. The number of aromatic carboxylic acids is 1. The summed E-state index contributed by atoms with van der Waals surface area (Å²) in [4.78, 5) is 11.0. The Bertz CT molecular complexity index is 645. The molecule has 0 bridgehead atoms. The molecule has 21 heavy (non-hydrogen) atoms. The van der Waals surface area contributed by atoms with Gasteiger partial charge in [-0.3, -0.25) is 0 Å². The van der Waals surface area contributed by atoms with Gasteiger partial charge >= 0.3 is 5.97 Å². The minimum Gasteiger partial charge on any atom is -0.489 e. The largest absolute Gasteiger partial charge is 0.489 e. The van der Waals surface area contributed by atoms with Gasteiger partial charge in [0, 0.05) is 0 Å². The van der Waals surface area contributed by atoms with Crippen LogP contribution in [0.15, 0.2) is 42.5 Å². The van der Waals surface area contributed by atoms with E-state index in [2.05, 4.69) is 0 Å². The van der Waals surface area contributed by atoms with Crippen LogP contribution in [0.5, 0.6) is 11.5 Å². The second kappa shape index (κ2) is 6.95. The van der Waals surface area contributed by atoms with E-state index in [9.17, 15) is 9.18 Å². The Morgan fingerprint density at radius 3 is 2.38 bits per heavy atom. The zero-order valence-corrected chi connectivity index (χ0v) is 11.6. The minimum atomic E-state index is -1.08. The summed E-state index contributed by atoms with van der Waals surface area (Å²) in [5.41, 5.74) is 0.0615. The lowest BCUT2D eigenvalue weighted by atomic mass is 10.2. The zero-order valence-electron chi connectivity index (χ0n) is 10.9. The second-order valence-electron chi connectivity index (χ2n) is 4.05. The molecular weight excluding hydrogens is 299 g/mol. The van der Waals surface area contributed by atoms with Crippen molar-refractivity contribution in [1.82, 2.24) is 0 Å².